The Labute approximate surface area is 306 Å². The van der Waals surface area contributed by atoms with E-state index in [0.717, 1.165) is 40.9 Å². The van der Waals surface area contributed by atoms with Gasteiger partial charge in [0.2, 0.25) is 11.7 Å². The molecule has 5 rings (SSSR count). The van der Waals surface area contributed by atoms with Gasteiger partial charge in [-0.1, -0.05) is 92.2 Å². The Morgan fingerprint density at radius 2 is 1.60 bits per heavy atom. The van der Waals surface area contributed by atoms with E-state index in [2.05, 4.69) is 43.2 Å². The molecule has 0 aliphatic carbocycles. The van der Waals surface area contributed by atoms with Crippen molar-refractivity contribution in [1.29, 1.82) is 0 Å². The van der Waals surface area contributed by atoms with E-state index < -0.39 is 29.7 Å². The smallest absolute Gasteiger partial charge is 0.326 e. The Morgan fingerprint density at radius 3 is 2.28 bits per heavy atom. The standard InChI is InChI=1S/C38H43N9O6/c1-2-3-16-33-40-23-32(47(33)24-26-17-19-27(20-18-26)28-13-7-8-14-29(28)34-42-45-46-43-34)37(50)39-21-10-9-15-31(38(51)52)41-35(48)30(36(49)44-53)22-25-11-5-4-6-12-25/h4-8,11-14,17-20,23,30-31,53H,2-3,9-10,15-16,21-22,24H2,1H3,(H,39,50)(H,41,48)(H,44,49)(H,51,52)(H,42,43,45,46)/t30?,31-/m0/s1. The predicted octanol–water partition coefficient (Wildman–Crippen LogP) is 3.95. The van der Waals surface area contributed by atoms with Crippen molar-refractivity contribution < 1.29 is 29.5 Å². The van der Waals surface area contributed by atoms with Crippen molar-refractivity contribution in [3.05, 3.63) is 108 Å². The number of carbonyl (C=O) groups excluding carboxylic acids is 3. The largest absolute Gasteiger partial charge is 0.480 e. The molecule has 3 aromatic carbocycles. The maximum atomic E-state index is 13.4. The number of nitrogens with zero attached hydrogens (tertiary/aromatic N) is 5. The zero-order chi connectivity index (χ0) is 37.6. The normalized spacial score (nSPS) is 12.1. The number of rotatable bonds is 19. The first-order valence-corrected chi connectivity index (χ1v) is 17.5. The van der Waals surface area contributed by atoms with Gasteiger partial charge in [0.1, 0.15) is 23.5 Å². The molecule has 276 valence electrons. The molecule has 1 unspecified atom stereocenters. The molecule has 6 N–H and O–H groups in total. The number of hydrogen-bond acceptors (Lipinski definition) is 9. The lowest BCUT2D eigenvalue weighted by molar-refractivity contribution is -0.146. The molecule has 53 heavy (non-hydrogen) atoms. The number of imidazole rings is 1. The van der Waals surface area contributed by atoms with Gasteiger partial charge >= 0.3 is 5.97 Å². The van der Waals surface area contributed by atoms with E-state index in [9.17, 15) is 29.5 Å². The fourth-order valence-corrected chi connectivity index (χ4v) is 6.01. The van der Waals surface area contributed by atoms with E-state index in [1.807, 2.05) is 53.1 Å². The lowest BCUT2D eigenvalue weighted by atomic mass is 9.97. The lowest BCUT2D eigenvalue weighted by Gasteiger charge is -2.19. The van der Waals surface area contributed by atoms with Crippen LogP contribution in [0.4, 0.5) is 0 Å². The first kappa shape index (κ1) is 38.0. The van der Waals surface area contributed by atoms with Crippen LogP contribution in [0, 0.1) is 5.92 Å². The third kappa shape index (κ3) is 10.2. The van der Waals surface area contributed by atoms with Gasteiger partial charge in [0, 0.05) is 25.1 Å². The molecule has 0 radical (unpaired) electrons. The summed E-state index contributed by atoms with van der Waals surface area (Å²) in [5.74, 6) is -3.31. The third-order valence-electron chi connectivity index (χ3n) is 8.89. The van der Waals surface area contributed by atoms with Crippen LogP contribution in [0.25, 0.3) is 22.5 Å². The second kappa shape index (κ2) is 18.9. The van der Waals surface area contributed by atoms with Gasteiger partial charge in [-0.05, 0) is 59.6 Å². The van der Waals surface area contributed by atoms with Gasteiger partial charge in [0.15, 0.2) is 0 Å². The topological polar surface area (TPSA) is 217 Å². The minimum Gasteiger partial charge on any atom is -0.480 e. The van der Waals surface area contributed by atoms with Gasteiger partial charge in [0.05, 0.1) is 6.20 Å². The molecular weight excluding hydrogens is 678 g/mol. The number of carboxylic acids is 1. The third-order valence-corrected chi connectivity index (χ3v) is 8.89. The second-order valence-electron chi connectivity index (χ2n) is 12.6. The summed E-state index contributed by atoms with van der Waals surface area (Å²) in [6.07, 6.45) is 5.07. The molecule has 0 saturated heterocycles. The number of H-pyrrole nitrogens is 1. The lowest BCUT2D eigenvalue weighted by Crippen LogP contribution is -2.48. The number of carboxylic acid groups (broad SMARTS) is 1. The van der Waals surface area contributed by atoms with Crippen LogP contribution in [0.5, 0.6) is 0 Å². The number of aromatic amines is 1. The Kier molecular flexibility index (Phi) is 13.5. The van der Waals surface area contributed by atoms with Crippen molar-refractivity contribution in [2.24, 2.45) is 5.92 Å². The van der Waals surface area contributed by atoms with E-state index in [4.69, 9.17) is 0 Å². The highest BCUT2D eigenvalue weighted by molar-refractivity contribution is 6.01. The molecule has 0 saturated carbocycles. The van der Waals surface area contributed by atoms with Crippen molar-refractivity contribution in [3.63, 3.8) is 0 Å². The van der Waals surface area contributed by atoms with Gasteiger partial charge < -0.3 is 20.3 Å². The number of benzene rings is 3. The number of aryl methyl sites for hydroxylation is 1. The number of hydrogen-bond donors (Lipinski definition) is 6. The van der Waals surface area contributed by atoms with E-state index in [-0.39, 0.29) is 25.3 Å². The van der Waals surface area contributed by atoms with E-state index in [1.165, 1.54) is 5.48 Å². The number of aliphatic carboxylic acids is 1. The summed E-state index contributed by atoms with van der Waals surface area (Å²) in [7, 11) is 0. The fraction of sp³-hybridized carbons (Fsp3) is 0.316. The van der Waals surface area contributed by atoms with Crippen molar-refractivity contribution in [3.8, 4) is 22.5 Å². The summed E-state index contributed by atoms with van der Waals surface area (Å²) in [6.45, 7) is 2.81. The van der Waals surface area contributed by atoms with E-state index >= 15 is 0 Å². The van der Waals surface area contributed by atoms with Gasteiger partial charge in [0.25, 0.3) is 11.8 Å². The van der Waals surface area contributed by atoms with Gasteiger partial charge in [-0.2, -0.15) is 5.21 Å². The molecule has 0 aliphatic rings. The van der Waals surface area contributed by atoms with E-state index in [1.54, 1.807) is 36.5 Å². The van der Waals surface area contributed by atoms with E-state index in [0.29, 0.717) is 42.9 Å². The minimum absolute atomic E-state index is 0.0172. The van der Waals surface area contributed by atoms with Crippen LogP contribution in [0.3, 0.4) is 0 Å². The molecule has 2 atom stereocenters. The zero-order valence-electron chi connectivity index (χ0n) is 29.4. The number of hydroxylamine groups is 1. The second-order valence-corrected chi connectivity index (χ2v) is 12.6. The van der Waals surface area contributed by atoms with Crippen LogP contribution in [-0.4, -0.2) is 76.8 Å². The number of tetrazole rings is 1. The Morgan fingerprint density at radius 1 is 0.868 bits per heavy atom. The van der Waals surface area contributed by atoms with Crippen LogP contribution in [-0.2, 0) is 33.8 Å². The van der Waals surface area contributed by atoms with Crippen molar-refractivity contribution in [2.45, 2.75) is 64.5 Å². The van der Waals surface area contributed by atoms with Crippen LogP contribution in [0.15, 0.2) is 85.1 Å². The average molecular weight is 722 g/mol. The molecule has 0 bridgehead atoms. The summed E-state index contributed by atoms with van der Waals surface area (Å²) >= 11 is 0. The average Bonchev–Trinajstić information content (AvgIpc) is 3.86. The molecule has 2 aromatic heterocycles. The minimum atomic E-state index is -1.33. The summed E-state index contributed by atoms with van der Waals surface area (Å²) in [4.78, 5) is 55.2. The zero-order valence-corrected chi connectivity index (χ0v) is 29.4. The molecule has 0 spiro atoms. The molecule has 0 fully saturated rings. The number of aromatic nitrogens is 6. The summed E-state index contributed by atoms with van der Waals surface area (Å²) < 4.78 is 1.93. The highest BCUT2D eigenvalue weighted by atomic mass is 16.5. The number of carbonyl (C=O) groups is 4. The summed E-state index contributed by atoms with van der Waals surface area (Å²) in [6, 6.07) is 23.4. The highest BCUT2D eigenvalue weighted by Gasteiger charge is 2.30. The molecule has 3 amide bonds. The molecule has 15 heteroatoms. The van der Waals surface area contributed by atoms with Crippen molar-refractivity contribution in [2.75, 3.05) is 6.54 Å². The molecule has 0 aliphatic heterocycles. The van der Waals surface area contributed by atoms with Crippen LogP contribution in [0.2, 0.25) is 0 Å². The molecular formula is C38H43N9O6. The quantitative estimate of drug-likeness (QED) is 0.0312. The number of unbranched alkanes of at least 4 members (excludes halogenated alkanes) is 2. The van der Waals surface area contributed by atoms with Crippen LogP contribution >= 0.6 is 0 Å². The van der Waals surface area contributed by atoms with Crippen LogP contribution in [0.1, 0.15) is 66.5 Å². The maximum Gasteiger partial charge on any atom is 0.326 e. The Hall–Kier alpha value is -6.22. The van der Waals surface area contributed by atoms with Crippen LogP contribution < -0.4 is 16.1 Å². The maximum absolute atomic E-state index is 13.4. The van der Waals surface area contributed by atoms with Gasteiger partial charge in [-0.25, -0.2) is 15.3 Å². The fourth-order valence-electron chi connectivity index (χ4n) is 6.01. The van der Waals surface area contributed by atoms with Crippen molar-refractivity contribution in [1.82, 2.24) is 46.3 Å². The SMILES string of the molecule is CCCCc1ncc(C(=O)NCCCC[C@H](NC(=O)C(Cc2ccccc2)C(=O)NO)C(=O)O)n1Cc1ccc(-c2ccccc2-c2nn[nH]n2)cc1. The predicted molar refractivity (Wildman–Crippen MR) is 194 cm³/mol. The first-order chi connectivity index (χ1) is 25.8. The van der Waals surface area contributed by atoms with Gasteiger partial charge in [-0.15, -0.1) is 10.2 Å². The van der Waals surface area contributed by atoms with Crippen molar-refractivity contribution >= 4 is 23.7 Å². The summed E-state index contributed by atoms with van der Waals surface area (Å²) in [5.41, 5.74) is 6.38. The Balaban J connectivity index is 1.18. The molecule has 2 heterocycles. The monoisotopic (exact) mass is 721 g/mol. The highest BCUT2D eigenvalue weighted by Crippen LogP contribution is 2.30. The first-order valence-electron chi connectivity index (χ1n) is 17.5. The molecule has 5 aromatic rings. The number of amides is 3. The Bertz CT molecular complexity index is 1960. The van der Waals surface area contributed by atoms with Gasteiger partial charge in [-0.3, -0.25) is 19.6 Å². The number of nitrogens with one attached hydrogen (secondary N) is 4. The molecule has 15 nitrogen and oxygen atoms in total. The summed E-state index contributed by atoms with van der Waals surface area (Å²) in [5, 5.41) is 38.7.